The molecule has 1 unspecified atom stereocenters. The molecule has 1 N–H and O–H groups in total. The average Bonchev–Trinajstić information content (AvgIpc) is 2.90. The van der Waals surface area contributed by atoms with Crippen LogP contribution in [0.4, 0.5) is 0 Å². The Morgan fingerprint density at radius 3 is 2.84 bits per heavy atom. The Hall–Kier alpha value is -2.23. The first kappa shape index (κ1) is 11.8. The van der Waals surface area contributed by atoms with Crippen molar-refractivity contribution < 1.29 is 9.47 Å². The van der Waals surface area contributed by atoms with Crippen molar-refractivity contribution in [1.82, 2.24) is 5.32 Å². The van der Waals surface area contributed by atoms with Crippen LogP contribution in [0.5, 0.6) is 11.5 Å². The molecule has 0 fully saturated rings. The van der Waals surface area contributed by atoms with E-state index in [-0.39, 0.29) is 0 Å². The SMILES string of the molecule is COc1ccc(C2=CNC3=NC=CCC23)cc1OC. The van der Waals surface area contributed by atoms with Gasteiger partial charge in [-0.15, -0.1) is 0 Å². The maximum atomic E-state index is 5.36. The van der Waals surface area contributed by atoms with Gasteiger partial charge in [0.2, 0.25) is 0 Å². The summed E-state index contributed by atoms with van der Waals surface area (Å²) in [5.41, 5.74) is 2.37. The monoisotopic (exact) mass is 256 g/mol. The van der Waals surface area contributed by atoms with Gasteiger partial charge in [0.1, 0.15) is 5.84 Å². The minimum Gasteiger partial charge on any atom is -0.493 e. The van der Waals surface area contributed by atoms with Crippen LogP contribution in [0.15, 0.2) is 41.7 Å². The van der Waals surface area contributed by atoms with Gasteiger partial charge in [0, 0.05) is 18.3 Å². The minimum atomic E-state index is 0.322. The predicted octanol–water partition coefficient (Wildman–Crippen LogP) is 2.58. The summed E-state index contributed by atoms with van der Waals surface area (Å²) in [6.07, 6.45) is 6.95. The third-order valence-corrected chi connectivity index (χ3v) is 3.49. The van der Waals surface area contributed by atoms with Crippen LogP contribution in [0.1, 0.15) is 12.0 Å². The highest BCUT2D eigenvalue weighted by Gasteiger charge is 2.27. The van der Waals surface area contributed by atoms with Gasteiger partial charge in [-0.2, -0.15) is 0 Å². The van der Waals surface area contributed by atoms with Gasteiger partial charge in [0.05, 0.1) is 14.2 Å². The highest BCUT2D eigenvalue weighted by atomic mass is 16.5. The zero-order valence-corrected chi connectivity index (χ0v) is 11.0. The van der Waals surface area contributed by atoms with Gasteiger partial charge in [0.25, 0.3) is 0 Å². The van der Waals surface area contributed by atoms with E-state index in [9.17, 15) is 0 Å². The van der Waals surface area contributed by atoms with Crippen LogP contribution in [0.2, 0.25) is 0 Å². The van der Waals surface area contributed by atoms with Gasteiger partial charge in [-0.05, 0) is 29.7 Å². The number of nitrogens with zero attached hydrogens (tertiary/aromatic N) is 1. The zero-order valence-electron chi connectivity index (χ0n) is 11.0. The summed E-state index contributed by atoms with van der Waals surface area (Å²) in [6.45, 7) is 0. The fourth-order valence-electron chi connectivity index (χ4n) is 2.50. The molecule has 0 amide bonds. The second-order valence-corrected chi connectivity index (χ2v) is 4.50. The van der Waals surface area contributed by atoms with E-state index in [4.69, 9.17) is 9.47 Å². The van der Waals surface area contributed by atoms with Crippen molar-refractivity contribution >= 4 is 11.4 Å². The average molecular weight is 256 g/mol. The molecule has 2 aliphatic heterocycles. The topological polar surface area (TPSA) is 42.8 Å². The van der Waals surface area contributed by atoms with Gasteiger partial charge in [-0.1, -0.05) is 12.1 Å². The van der Waals surface area contributed by atoms with E-state index < -0.39 is 0 Å². The first-order valence-corrected chi connectivity index (χ1v) is 6.25. The third kappa shape index (κ3) is 1.99. The molecular weight excluding hydrogens is 240 g/mol. The number of hydrogen-bond donors (Lipinski definition) is 1. The maximum absolute atomic E-state index is 5.36. The van der Waals surface area contributed by atoms with Crippen molar-refractivity contribution in [2.75, 3.05) is 14.2 Å². The normalized spacial score (nSPS) is 20.2. The van der Waals surface area contributed by atoms with Crippen LogP contribution >= 0.6 is 0 Å². The molecule has 2 aliphatic rings. The fraction of sp³-hybridized carbons (Fsp3) is 0.267. The summed E-state index contributed by atoms with van der Waals surface area (Å²) >= 11 is 0. The van der Waals surface area contributed by atoms with Crippen LogP contribution in [0, 0.1) is 5.92 Å². The highest BCUT2D eigenvalue weighted by molar-refractivity contribution is 6.01. The fourth-order valence-corrected chi connectivity index (χ4v) is 2.50. The molecule has 4 heteroatoms. The zero-order chi connectivity index (χ0) is 13.2. The Morgan fingerprint density at radius 2 is 2.05 bits per heavy atom. The minimum absolute atomic E-state index is 0.322. The summed E-state index contributed by atoms with van der Waals surface area (Å²) in [5.74, 6) is 2.84. The number of allylic oxidation sites excluding steroid dienone is 1. The van der Waals surface area contributed by atoms with Crippen LogP contribution in [0.25, 0.3) is 5.57 Å². The lowest BCUT2D eigenvalue weighted by Crippen LogP contribution is -2.21. The summed E-state index contributed by atoms with van der Waals surface area (Å²) in [4.78, 5) is 4.36. The van der Waals surface area contributed by atoms with Gasteiger partial charge in [0.15, 0.2) is 11.5 Å². The van der Waals surface area contributed by atoms with E-state index in [1.54, 1.807) is 14.2 Å². The van der Waals surface area contributed by atoms with Crippen molar-refractivity contribution in [2.24, 2.45) is 10.9 Å². The van der Waals surface area contributed by atoms with Gasteiger partial charge in [-0.25, -0.2) is 4.99 Å². The van der Waals surface area contributed by atoms with Crippen molar-refractivity contribution in [1.29, 1.82) is 0 Å². The maximum Gasteiger partial charge on any atom is 0.161 e. The first-order valence-electron chi connectivity index (χ1n) is 6.25. The van der Waals surface area contributed by atoms with E-state index in [0.717, 1.165) is 29.3 Å². The number of benzene rings is 1. The molecule has 0 radical (unpaired) electrons. The van der Waals surface area contributed by atoms with E-state index in [0.29, 0.717) is 5.92 Å². The Bertz CT molecular complexity index is 588. The lowest BCUT2D eigenvalue weighted by atomic mass is 9.91. The molecule has 0 spiro atoms. The second kappa shape index (κ2) is 4.80. The number of amidine groups is 1. The van der Waals surface area contributed by atoms with E-state index in [1.807, 2.05) is 24.5 Å². The van der Waals surface area contributed by atoms with Crippen LogP contribution in [0.3, 0.4) is 0 Å². The summed E-state index contributed by atoms with van der Waals surface area (Å²) in [5, 5.41) is 3.24. The molecule has 0 bridgehead atoms. The molecule has 2 heterocycles. The molecule has 0 saturated heterocycles. The van der Waals surface area contributed by atoms with E-state index in [1.165, 1.54) is 5.57 Å². The summed E-state index contributed by atoms with van der Waals surface area (Å²) < 4.78 is 10.6. The second-order valence-electron chi connectivity index (χ2n) is 4.50. The Kier molecular flexibility index (Phi) is 2.99. The molecular formula is C15H16N2O2. The largest absolute Gasteiger partial charge is 0.493 e. The predicted molar refractivity (Wildman–Crippen MR) is 75.3 cm³/mol. The van der Waals surface area contributed by atoms with Gasteiger partial charge >= 0.3 is 0 Å². The summed E-state index contributed by atoms with van der Waals surface area (Å²) in [6, 6.07) is 5.99. The highest BCUT2D eigenvalue weighted by Crippen LogP contribution is 2.36. The van der Waals surface area contributed by atoms with Gasteiger partial charge in [-0.3, -0.25) is 0 Å². The molecule has 1 aromatic rings. The molecule has 1 atom stereocenters. The van der Waals surface area contributed by atoms with Crippen molar-refractivity contribution in [3.63, 3.8) is 0 Å². The molecule has 98 valence electrons. The molecule has 0 aliphatic carbocycles. The molecule has 3 rings (SSSR count). The van der Waals surface area contributed by atoms with Crippen molar-refractivity contribution in [3.05, 3.63) is 42.2 Å². The Morgan fingerprint density at radius 1 is 1.21 bits per heavy atom. The number of ether oxygens (including phenoxy) is 2. The molecule has 4 nitrogen and oxygen atoms in total. The van der Waals surface area contributed by atoms with Crippen LogP contribution in [-0.4, -0.2) is 20.1 Å². The van der Waals surface area contributed by atoms with E-state index >= 15 is 0 Å². The molecule has 0 saturated carbocycles. The number of aliphatic imine (C=N–C) groups is 1. The molecule has 19 heavy (non-hydrogen) atoms. The lowest BCUT2D eigenvalue weighted by molar-refractivity contribution is 0.355. The number of methoxy groups -OCH3 is 2. The summed E-state index contributed by atoms with van der Waals surface area (Å²) in [7, 11) is 3.30. The van der Waals surface area contributed by atoms with Crippen molar-refractivity contribution in [2.45, 2.75) is 6.42 Å². The number of nitrogens with one attached hydrogen (secondary N) is 1. The lowest BCUT2D eigenvalue weighted by Gasteiger charge is -2.17. The molecule has 1 aromatic carbocycles. The first-order chi connectivity index (χ1) is 9.33. The van der Waals surface area contributed by atoms with E-state index in [2.05, 4.69) is 22.5 Å². The quantitative estimate of drug-likeness (QED) is 0.904. The number of fused-ring (bicyclic) bond motifs is 1. The number of rotatable bonds is 3. The van der Waals surface area contributed by atoms with Crippen LogP contribution < -0.4 is 14.8 Å². The standard InChI is InChI=1S/C15H16N2O2/c1-18-13-6-5-10(8-14(13)19-2)12-9-17-15-11(12)4-3-7-16-15/h3,5-9,11H,4H2,1-2H3,(H,16,17). The smallest absolute Gasteiger partial charge is 0.161 e. The Balaban J connectivity index is 1.95. The third-order valence-electron chi connectivity index (χ3n) is 3.49. The molecule has 0 aromatic heterocycles. The number of hydrogen-bond acceptors (Lipinski definition) is 4. The van der Waals surface area contributed by atoms with Crippen molar-refractivity contribution in [3.8, 4) is 11.5 Å². The Labute approximate surface area is 112 Å². The van der Waals surface area contributed by atoms with Gasteiger partial charge < -0.3 is 14.8 Å². The van der Waals surface area contributed by atoms with Crippen LogP contribution in [-0.2, 0) is 0 Å².